The quantitative estimate of drug-likeness (QED) is 0.737. The zero-order valence-corrected chi connectivity index (χ0v) is 12.4. The molecule has 0 bridgehead atoms. The molecule has 0 fully saturated rings. The molecule has 0 aliphatic carbocycles. The molecule has 0 saturated carbocycles. The van der Waals surface area contributed by atoms with Gasteiger partial charge in [-0.05, 0) is 35.2 Å². The van der Waals surface area contributed by atoms with Crippen LogP contribution in [0.5, 0.6) is 0 Å². The van der Waals surface area contributed by atoms with E-state index in [1.165, 1.54) is 5.56 Å². The van der Waals surface area contributed by atoms with E-state index < -0.39 is 5.91 Å². The molecule has 2 aromatic carbocycles. The lowest BCUT2D eigenvalue weighted by Crippen LogP contribution is -2.14. The van der Waals surface area contributed by atoms with Gasteiger partial charge in [-0.1, -0.05) is 38.1 Å². The second-order valence-electron chi connectivity index (χ2n) is 5.42. The van der Waals surface area contributed by atoms with Gasteiger partial charge in [0.05, 0.1) is 5.56 Å². The minimum Gasteiger partial charge on any atom is -0.399 e. The van der Waals surface area contributed by atoms with Crippen molar-refractivity contribution in [3.8, 4) is 0 Å². The summed E-state index contributed by atoms with van der Waals surface area (Å²) in [6.07, 6.45) is 0. The van der Waals surface area contributed by atoms with Crippen molar-refractivity contribution in [1.82, 2.24) is 0 Å². The van der Waals surface area contributed by atoms with Crippen molar-refractivity contribution >= 4 is 17.3 Å². The molecule has 4 nitrogen and oxygen atoms in total. The third-order valence-corrected chi connectivity index (χ3v) is 3.44. The van der Waals surface area contributed by atoms with Crippen LogP contribution in [0.4, 0.5) is 11.4 Å². The van der Waals surface area contributed by atoms with Crippen molar-refractivity contribution in [2.75, 3.05) is 11.1 Å². The van der Waals surface area contributed by atoms with E-state index in [0.29, 0.717) is 29.4 Å². The fraction of sp³-hybridized carbons (Fsp3) is 0.235. The van der Waals surface area contributed by atoms with Gasteiger partial charge < -0.3 is 16.8 Å². The Balaban J connectivity index is 2.12. The van der Waals surface area contributed by atoms with Gasteiger partial charge in [0.25, 0.3) is 5.91 Å². The summed E-state index contributed by atoms with van der Waals surface area (Å²) < 4.78 is 0. The zero-order chi connectivity index (χ0) is 15.4. The van der Waals surface area contributed by atoms with Crippen LogP contribution in [-0.2, 0) is 6.54 Å². The summed E-state index contributed by atoms with van der Waals surface area (Å²) in [6, 6.07) is 13.4. The Morgan fingerprint density at radius 3 is 2.38 bits per heavy atom. The molecular weight excluding hydrogens is 262 g/mol. The van der Waals surface area contributed by atoms with E-state index in [9.17, 15) is 4.79 Å². The third kappa shape index (κ3) is 3.75. The molecule has 0 unspecified atom stereocenters. The Hall–Kier alpha value is -2.49. The van der Waals surface area contributed by atoms with E-state index in [4.69, 9.17) is 11.5 Å². The lowest BCUT2D eigenvalue weighted by molar-refractivity contribution is 0.100. The Bertz CT molecular complexity index is 633. The van der Waals surface area contributed by atoms with Gasteiger partial charge in [0.1, 0.15) is 0 Å². The van der Waals surface area contributed by atoms with Crippen molar-refractivity contribution in [3.63, 3.8) is 0 Å². The van der Waals surface area contributed by atoms with Gasteiger partial charge in [0.2, 0.25) is 0 Å². The molecule has 0 spiro atoms. The Kier molecular flexibility index (Phi) is 4.48. The number of nitrogens with two attached hydrogens (primary N) is 2. The van der Waals surface area contributed by atoms with Gasteiger partial charge in [-0.25, -0.2) is 0 Å². The van der Waals surface area contributed by atoms with Gasteiger partial charge in [-0.15, -0.1) is 0 Å². The van der Waals surface area contributed by atoms with Gasteiger partial charge in [0.15, 0.2) is 0 Å². The van der Waals surface area contributed by atoms with E-state index in [0.717, 1.165) is 5.56 Å². The summed E-state index contributed by atoms with van der Waals surface area (Å²) in [5.74, 6) is 0.0510. The Morgan fingerprint density at radius 1 is 1.14 bits per heavy atom. The molecule has 0 heterocycles. The molecule has 2 rings (SSSR count). The number of carbonyl (C=O) groups is 1. The summed E-state index contributed by atoms with van der Waals surface area (Å²) in [4.78, 5) is 11.4. The van der Waals surface area contributed by atoms with Crippen molar-refractivity contribution in [2.24, 2.45) is 5.73 Å². The second kappa shape index (κ2) is 6.31. The molecule has 21 heavy (non-hydrogen) atoms. The number of benzene rings is 2. The SMILES string of the molecule is CC(C)c1ccc(CNc2cc(N)ccc2C(N)=O)cc1. The van der Waals surface area contributed by atoms with E-state index in [-0.39, 0.29) is 0 Å². The molecule has 2 aromatic rings. The number of hydrogen-bond acceptors (Lipinski definition) is 3. The van der Waals surface area contributed by atoms with Gasteiger partial charge in [-0.2, -0.15) is 0 Å². The summed E-state index contributed by atoms with van der Waals surface area (Å²) in [6.45, 7) is 4.94. The van der Waals surface area contributed by atoms with Crippen molar-refractivity contribution < 1.29 is 4.79 Å². The summed E-state index contributed by atoms with van der Waals surface area (Å²) in [5, 5.41) is 3.22. The first kappa shape index (κ1) is 14.9. The zero-order valence-electron chi connectivity index (χ0n) is 12.4. The molecule has 5 N–H and O–H groups in total. The fourth-order valence-corrected chi connectivity index (χ4v) is 2.14. The minimum atomic E-state index is -0.465. The highest BCUT2D eigenvalue weighted by Crippen LogP contribution is 2.20. The van der Waals surface area contributed by atoms with Crippen LogP contribution in [0, 0.1) is 0 Å². The van der Waals surface area contributed by atoms with Crippen LogP contribution < -0.4 is 16.8 Å². The first-order valence-electron chi connectivity index (χ1n) is 6.99. The van der Waals surface area contributed by atoms with Crippen LogP contribution in [0.15, 0.2) is 42.5 Å². The highest BCUT2D eigenvalue weighted by atomic mass is 16.1. The van der Waals surface area contributed by atoms with Crippen LogP contribution in [0.1, 0.15) is 41.3 Å². The summed E-state index contributed by atoms with van der Waals surface area (Å²) in [7, 11) is 0. The molecule has 0 aliphatic heterocycles. The maximum absolute atomic E-state index is 11.4. The molecule has 0 aromatic heterocycles. The first-order chi connectivity index (χ1) is 9.97. The van der Waals surface area contributed by atoms with E-state index >= 15 is 0 Å². The number of nitrogens with one attached hydrogen (secondary N) is 1. The van der Waals surface area contributed by atoms with E-state index in [1.807, 2.05) is 0 Å². The first-order valence-corrected chi connectivity index (χ1v) is 6.99. The van der Waals surface area contributed by atoms with E-state index in [1.54, 1.807) is 18.2 Å². The molecule has 0 aliphatic rings. The lowest BCUT2D eigenvalue weighted by Gasteiger charge is -2.12. The van der Waals surface area contributed by atoms with Crippen molar-refractivity contribution in [3.05, 3.63) is 59.2 Å². The number of carbonyl (C=O) groups excluding carboxylic acids is 1. The predicted molar refractivity (Wildman–Crippen MR) is 87.2 cm³/mol. The topological polar surface area (TPSA) is 81.1 Å². The summed E-state index contributed by atoms with van der Waals surface area (Å²) in [5.41, 5.74) is 15.3. The maximum Gasteiger partial charge on any atom is 0.250 e. The second-order valence-corrected chi connectivity index (χ2v) is 5.42. The number of amides is 1. The molecule has 110 valence electrons. The molecular formula is C17H21N3O. The van der Waals surface area contributed by atoms with Crippen LogP contribution in [0.2, 0.25) is 0 Å². The van der Waals surface area contributed by atoms with Gasteiger partial charge >= 0.3 is 0 Å². The molecule has 0 radical (unpaired) electrons. The maximum atomic E-state index is 11.4. The average Bonchev–Trinajstić information content (AvgIpc) is 2.45. The largest absolute Gasteiger partial charge is 0.399 e. The van der Waals surface area contributed by atoms with Crippen LogP contribution in [0.25, 0.3) is 0 Å². The monoisotopic (exact) mass is 283 g/mol. The van der Waals surface area contributed by atoms with E-state index in [2.05, 4.69) is 43.4 Å². The summed E-state index contributed by atoms with van der Waals surface area (Å²) >= 11 is 0. The number of nitrogen functional groups attached to an aromatic ring is 1. The Labute approximate surface area is 125 Å². The van der Waals surface area contributed by atoms with Crippen LogP contribution in [0.3, 0.4) is 0 Å². The number of primary amides is 1. The average molecular weight is 283 g/mol. The van der Waals surface area contributed by atoms with Crippen LogP contribution in [-0.4, -0.2) is 5.91 Å². The fourth-order valence-electron chi connectivity index (χ4n) is 2.14. The van der Waals surface area contributed by atoms with Gasteiger partial charge in [-0.3, -0.25) is 4.79 Å². The normalized spacial score (nSPS) is 10.6. The number of rotatable bonds is 5. The Morgan fingerprint density at radius 2 is 1.81 bits per heavy atom. The number of hydrogen-bond donors (Lipinski definition) is 3. The predicted octanol–water partition coefficient (Wildman–Crippen LogP) is 3.10. The van der Waals surface area contributed by atoms with Crippen molar-refractivity contribution in [2.45, 2.75) is 26.3 Å². The highest BCUT2D eigenvalue weighted by Gasteiger charge is 2.08. The molecule has 0 atom stereocenters. The lowest BCUT2D eigenvalue weighted by atomic mass is 10.0. The van der Waals surface area contributed by atoms with Gasteiger partial charge in [0, 0.05) is 17.9 Å². The van der Waals surface area contributed by atoms with Crippen molar-refractivity contribution in [1.29, 1.82) is 0 Å². The highest BCUT2D eigenvalue weighted by molar-refractivity contribution is 5.99. The third-order valence-electron chi connectivity index (χ3n) is 3.44. The molecule has 0 saturated heterocycles. The van der Waals surface area contributed by atoms with Crippen LogP contribution >= 0.6 is 0 Å². The number of anilines is 2. The molecule has 1 amide bonds. The standard InChI is InChI=1S/C17H21N3O/c1-11(2)13-5-3-12(4-6-13)10-20-16-9-14(18)7-8-15(16)17(19)21/h3-9,11,20H,10,18H2,1-2H3,(H2,19,21). The smallest absolute Gasteiger partial charge is 0.250 e. The molecule has 4 heteroatoms. The minimum absolute atomic E-state index is 0.447.